The lowest BCUT2D eigenvalue weighted by molar-refractivity contribution is 0.375. The lowest BCUT2D eigenvalue weighted by Crippen LogP contribution is -2.03. The Labute approximate surface area is 77.7 Å². The van der Waals surface area contributed by atoms with Crippen molar-refractivity contribution in [1.82, 2.24) is 0 Å². The summed E-state index contributed by atoms with van der Waals surface area (Å²) >= 11 is 0. The summed E-state index contributed by atoms with van der Waals surface area (Å²) in [5, 5.41) is 0. The maximum absolute atomic E-state index is 5.42. The third-order valence-electron chi connectivity index (χ3n) is 2.75. The molecular weight excluding hydrogens is 146 g/mol. The summed E-state index contributed by atoms with van der Waals surface area (Å²) in [6.07, 6.45) is 6.67. The average molecular weight is 171 g/mol. The van der Waals surface area contributed by atoms with E-state index in [1.807, 2.05) is 0 Å². The van der Waals surface area contributed by atoms with Gasteiger partial charge in [0.2, 0.25) is 0 Å². The molecule has 0 spiro atoms. The van der Waals surface area contributed by atoms with Crippen LogP contribution in [0.15, 0.2) is 0 Å². The third-order valence-corrected chi connectivity index (χ3v) is 2.75. The van der Waals surface area contributed by atoms with Crippen LogP contribution in [0.4, 0.5) is 0 Å². The van der Waals surface area contributed by atoms with E-state index in [4.69, 9.17) is 5.73 Å². The molecule has 0 aromatic rings. The molecule has 1 unspecified atom stereocenters. The van der Waals surface area contributed by atoms with E-state index in [2.05, 4.69) is 20.8 Å². The summed E-state index contributed by atoms with van der Waals surface area (Å²) in [6.45, 7) is 7.84. The Morgan fingerprint density at radius 3 is 2.00 bits per heavy atom. The maximum atomic E-state index is 5.42. The number of rotatable bonds is 7. The Bertz CT molecular complexity index is 89.0. The zero-order chi connectivity index (χ0) is 9.40. The predicted molar refractivity (Wildman–Crippen MR) is 56.1 cm³/mol. The van der Waals surface area contributed by atoms with E-state index in [1.165, 1.54) is 32.1 Å². The molecule has 0 heterocycles. The van der Waals surface area contributed by atoms with Gasteiger partial charge in [-0.05, 0) is 24.8 Å². The SMILES string of the molecule is CC(C)C(C)CCCCCCN. The Kier molecular flexibility index (Phi) is 7.58. The first-order valence-corrected chi connectivity index (χ1v) is 5.38. The molecule has 1 nitrogen and oxygen atoms in total. The van der Waals surface area contributed by atoms with Gasteiger partial charge in [0.15, 0.2) is 0 Å². The molecule has 0 bridgehead atoms. The number of unbranched alkanes of at least 4 members (excludes halogenated alkanes) is 3. The van der Waals surface area contributed by atoms with Crippen LogP contribution >= 0.6 is 0 Å². The van der Waals surface area contributed by atoms with E-state index in [9.17, 15) is 0 Å². The molecule has 0 aliphatic heterocycles. The Morgan fingerprint density at radius 2 is 1.50 bits per heavy atom. The maximum Gasteiger partial charge on any atom is -0.00773 e. The van der Waals surface area contributed by atoms with Gasteiger partial charge in [-0.2, -0.15) is 0 Å². The molecule has 12 heavy (non-hydrogen) atoms. The molecule has 0 rings (SSSR count). The molecule has 1 atom stereocenters. The molecule has 1 heteroatoms. The molecule has 0 aliphatic rings. The summed E-state index contributed by atoms with van der Waals surface area (Å²) in [7, 11) is 0. The minimum atomic E-state index is 0.847. The van der Waals surface area contributed by atoms with Crippen LogP contribution in [0.2, 0.25) is 0 Å². The lowest BCUT2D eigenvalue weighted by atomic mass is 9.92. The van der Waals surface area contributed by atoms with Crippen molar-refractivity contribution in [2.45, 2.75) is 52.9 Å². The molecule has 0 aliphatic carbocycles. The van der Waals surface area contributed by atoms with Crippen molar-refractivity contribution in [3.05, 3.63) is 0 Å². The number of nitrogens with two attached hydrogens (primary N) is 1. The van der Waals surface area contributed by atoms with Gasteiger partial charge in [-0.15, -0.1) is 0 Å². The molecule has 0 aromatic carbocycles. The van der Waals surface area contributed by atoms with Crippen molar-refractivity contribution in [3.8, 4) is 0 Å². The zero-order valence-corrected chi connectivity index (χ0v) is 8.97. The molecule has 0 aromatic heterocycles. The van der Waals surface area contributed by atoms with Crippen LogP contribution in [-0.4, -0.2) is 6.54 Å². The molecule has 0 saturated heterocycles. The van der Waals surface area contributed by atoms with Crippen LogP contribution < -0.4 is 5.73 Å². The van der Waals surface area contributed by atoms with Crippen LogP contribution in [0.1, 0.15) is 52.9 Å². The quantitative estimate of drug-likeness (QED) is 0.585. The van der Waals surface area contributed by atoms with Crippen LogP contribution in [-0.2, 0) is 0 Å². The van der Waals surface area contributed by atoms with Gasteiger partial charge in [0.05, 0.1) is 0 Å². The average Bonchev–Trinajstić information content (AvgIpc) is 2.03. The highest BCUT2D eigenvalue weighted by atomic mass is 14.5. The summed E-state index contributed by atoms with van der Waals surface area (Å²) in [4.78, 5) is 0. The van der Waals surface area contributed by atoms with Gasteiger partial charge in [-0.3, -0.25) is 0 Å². The minimum absolute atomic E-state index is 0.847. The molecule has 0 radical (unpaired) electrons. The van der Waals surface area contributed by atoms with Gasteiger partial charge in [0, 0.05) is 0 Å². The van der Waals surface area contributed by atoms with E-state index in [-0.39, 0.29) is 0 Å². The Balaban J connectivity index is 3.08. The Hall–Kier alpha value is -0.0400. The third kappa shape index (κ3) is 6.66. The lowest BCUT2D eigenvalue weighted by Gasteiger charge is -2.14. The fourth-order valence-electron chi connectivity index (χ4n) is 1.30. The van der Waals surface area contributed by atoms with Crippen molar-refractivity contribution in [2.75, 3.05) is 6.54 Å². The normalized spacial score (nSPS) is 13.8. The van der Waals surface area contributed by atoms with Gasteiger partial charge in [0.1, 0.15) is 0 Å². The van der Waals surface area contributed by atoms with Crippen LogP contribution in [0.5, 0.6) is 0 Å². The second-order valence-electron chi connectivity index (χ2n) is 4.21. The van der Waals surface area contributed by atoms with Crippen molar-refractivity contribution in [2.24, 2.45) is 17.6 Å². The van der Waals surface area contributed by atoms with Crippen molar-refractivity contribution in [3.63, 3.8) is 0 Å². The highest BCUT2D eigenvalue weighted by Crippen LogP contribution is 2.17. The van der Waals surface area contributed by atoms with Crippen LogP contribution in [0.3, 0.4) is 0 Å². The molecule has 2 N–H and O–H groups in total. The Morgan fingerprint density at radius 1 is 0.917 bits per heavy atom. The van der Waals surface area contributed by atoms with Crippen LogP contribution in [0, 0.1) is 11.8 Å². The van der Waals surface area contributed by atoms with E-state index < -0.39 is 0 Å². The number of hydrogen-bond donors (Lipinski definition) is 1. The molecule has 0 amide bonds. The first kappa shape index (κ1) is 12.0. The van der Waals surface area contributed by atoms with Crippen LogP contribution in [0.25, 0.3) is 0 Å². The van der Waals surface area contributed by atoms with Gasteiger partial charge in [-0.1, -0.05) is 46.5 Å². The van der Waals surface area contributed by atoms with E-state index in [0.29, 0.717) is 0 Å². The fraction of sp³-hybridized carbons (Fsp3) is 1.00. The fourth-order valence-corrected chi connectivity index (χ4v) is 1.30. The largest absolute Gasteiger partial charge is 0.330 e. The minimum Gasteiger partial charge on any atom is -0.330 e. The number of hydrogen-bond acceptors (Lipinski definition) is 1. The van der Waals surface area contributed by atoms with Crippen molar-refractivity contribution < 1.29 is 0 Å². The molecular formula is C11H25N. The zero-order valence-electron chi connectivity index (χ0n) is 8.97. The monoisotopic (exact) mass is 171 g/mol. The topological polar surface area (TPSA) is 26.0 Å². The summed E-state index contributed by atoms with van der Waals surface area (Å²) in [5.74, 6) is 1.74. The van der Waals surface area contributed by atoms with E-state index in [1.54, 1.807) is 0 Å². The second kappa shape index (κ2) is 7.60. The smallest absolute Gasteiger partial charge is 0.00773 e. The summed E-state index contributed by atoms with van der Waals surface area (Å²) in [5.41, 5.74) is 5.42. The molecule has 0 fully saturated rings. The first-order valence-electron chi connectivity index (χ1n) is 5.38. The summed E-state index contributed by atoms with van der Waals surface area (Å²) < 4.78 is 0. The highest BCUT2D eigenvalue weighted by molar-refractivity contribution is 4.57. The highest BCUT2D eigenvalue weighted by Gasteiger charge is 2.05. The second-order valence-corrected chi connectivity index (χ2v) is 4.21. The van der Waals surface area contributed by atoms with Gasteiger partial charge in [-0.25, -0.2) is 0 Å². The van der Waals surface area contributed by atoms with Crippen molar-refractivity contribution >= 4 is 0 Å². The van der Waals surface area contributed by atoms with E-state index in [0.717, 1.165) is 18.4 Å². The van der Waals surface area contributed by atoms with E-state index >= 15 is 0 Å². The predicted octanol–water partition coefficient (Wildman–Crippen LogP) is 3.19. The molecule has 0 saturated carbocycles. The summed E-state index contributed by atoms with van der Waals surface area (Å²) in [6, 6.07) is 0. The first-order chi connectivity index (χ1) is 5.68. The van der Waals surface area contributed by atoms with Gasteiger partial charge in [0.25, 0.3) is 0 Å². The molecule has 74 valence electrons. The van der Waals surface area contributed by atoms with Gasteiger partial charge < -0.3 is 5.73 Å². The standard InChI is InChI=1S/C11H25N/c1-10(2)11(3)8-6-4-5-7-9-12/h10-11H,4-9,12H2,1-3H3. The van der Waals surface area contributed by atoms with Gasteiger partial charge >= 0.3 is 0 Å². The van der Waals surface area contributed by atoms with Crippen molar-refractivity contribution in [1.29, 1.82) is 0 Å².